The Hall–Kier alpha value is -3.90. The summed E-state index contributed by atoms with van der Waals surface area (Å²) in [6.45, 7) is 3.91. The lowest BCUT2D eigenvalue weighted by molar-refractivity contribution is 0.0989. The summed E-state index contributed by atoms with van der Waals surface area (Å²) in [5.41, 5.74) is 1.30. The number of benzene rings is 1. The van der Waals surface area contributed by atoms with Crippen LogP contribution in [0.15, 0.2) is 30.5 Å². The summed E-state index contributed by atoms with van der Waals surface area (Å²) in [5, 5.41) is 0. The second kappa shape index (κ2) is 9.14. The number of carbonyl (C=O) groups is 1. The van der Waals surface area contributed by atoms with Crippen molar-refractivity contribution in [3.8, 4) is 34.8 Å². The number of fused-ring (bicyclic) bond motifs is 2. The number of thiophene rings is 1. The van der Waals surface area contributed by atoms with E-state index in [0.717, 1.165) is 4.88 Å². The number of hydrogen-bond acceptors (Lipinski definition) is 9. The minimum absolute atomic E-state index is 0.0224. The molecule has 1 atom stereocenters. The molecule has 2 aliphatic heterocycles. The highest BCUT2D eigenvalue weighted by molar-refractivity contribution is 7.16. The zero-order valence-electron chi connectivity index (χ0n) is 20.7. The molecular weight excluding hydrogens is 537 g/mol. The van der Waals surface area contributed by atoms with E-state index >= 15 is 4.39 Å². The zero-order valence-corrected chi connectivity index (χ0v) is 22.3. The molecule has 1 aromatic carbocycles. The molecule has 196 valence electrons. The van der Waals surface area contributed by atoms with Gasteiger partial charge in [0.1, 0.15) is 11.9 Å². The molecule has 1 unspecified atom stereocenters. The first kappa shape index (κ1) is 24.4. The van der Waals surface area contributed by atoms with Crippen molar-refractivity contribution in [1.82, 2.24) is 19.5 Å². The molecule has 0 radical (unpaired) electrons. The molecule has 3 aromatic heterocycles. The van der Waals surface area contributed by atoms with E-state index in [0.29, 0.717) is 27.2 Å². The second-order valence-electron chi connectivity index (χ2n) is 8.79. The van der Waals surface area contributed by atoms with Crippen LogP contribution < -0.4 is 23.8 Å². The molecule has 4 aromatic rings. The molecular formula is C25H21ClFN5O5S. The van der Waals surface area contributed by atoms with Gasteiger partial charge in [0, 0.05) is 29.2 Å². The van der Waals surface area contributed by atoms with Crippen LogP contribution in [-0.4, -0.2) is 46.4 Å². The third-order valence-corrected chi connectivity index (χ3v) is 7.60. The number of halogens is 2. The molecule has 38 heavy (non-hydrogen) atoms. The molecule has 2 aliphatic rings. The SMILES string of the molecule is COc1ncc(-c2nc3c(n2C(C)C)C(c2ccc(Cl)s2)N(c2cc4c(cc2F)OCO4)C3=O)c(OC)n1. The van der Waals surface area contributed by atoms with E-state index in [1.165, 1.54) is 48.8 Å². The molecule has 6 rings (SSSR count). The van der Waals surface area contributed by atoms with E-state index in [1.54, 1.807) is 6.07 Å². The Labute approximate surface area is 225 Å². The predicted molar refractivity (Wildman–Crippen MR) is 137 cm³/mol. The zero-order chi connectivity index (χ0) is 26.7. The summed E-state index contributed by atoms with van der Waals surface area (Å²) in [7, 11) is 2.94. The number of anilines is 1. The number of ether oxygens (including phenoxy) is 4. The van der Waals surface area contributed by atoms with Crippen molar-refractivity contribution in [3.63, 3.8) is 0 Å². The molecule has 0 saturated carbocycles. The van der Waals surface area contributed by atoms with E-state index in [-0.39, 0.29) is 41.9 Å². The normalized spacial score (nSPS) is 15.9. The quantitative estimate of drug-likeness (QED) is 0.316. The third-order valence-electron chi connectivity index (χ3n) is 6.32. The van der Waals surface area contributed by atoms with Crippen LogP contribution >= 0.6 is 22.9 Å². The van der Waals surface area contributed by atoms with Crippen LogP contribution in [0.2, 0.25) is 4.34 Å². The Morgan fingerprint density at radius 1 is 1.16 bits per heavy atom. The Balaban J connectivity index is 1.59. The maximum Gasteiger partial charge on any atom is 0.319 e. The Bertz CT molecular complexity index is 1590. The van der Waals surface area contributed by atoms with Crippen LogP contribution in [0, 0.1) is 5.82 Å². The van der Waals surface area contributed by atoms with Gasteiger partial charge >= 0.3 is 6.01 Å². The molecule has 1 amide bonds. The van der Waals surface area contributed by atoms with Gasteiger partial charge in [-0.15, -0.1) is 11.3 Å². The van der Waals surface area contributed by atoms with Crippen LogP contribution in [0.5, 0.6) is 23.4 Å². The molecule has 10 nitrogen and oxygen atoms in total. The first-order valence-electron chi connectivity index (χ1n) is 11.6. The first-order chi connectivity index (χ1) is 18.3. The maximum absolute atomic E-state index is 15.4. The molecule has 5 heterocycles. The Kier molecular flexibility index (Phi) is 5.88. The van der Waals surface area contributed by atoms with Gasteiger partial charge in [0.05, 0.1) is 35.5 Å². The Morgan fingerprint density at radius 3 is 2.58 bits per heavy atom. The number of rotatable bonds is 6. The fourth-order valence-electron chi connectivity index (χ4n) is 4.77. The molecule has 13 heteroatoms. The van der Waals surface area contributed by atoms with Crippen molar-refractivity contribution in [2.45, 2.75) is 25.9 Å². The van der Waals surface area contributed by atoms with Gasteiger partial charge in [0.25, 0.3) is 5.91 Å². The summed E-state index contributed by atoms with van der Waals surface area (Å²) in [6.07, 6.45) is 1.54. The lowest BCUT2D eigenvalue weighted by Gasteiger charge is -2.27. The predicted octanol–water partition coefficient (Wildman–Crippen LogP) is 5.27. The van der Waals surface area contributed by atoms with E-state index in [2.05, 4.69) is 9.97 Å². The van der Waals surface area contributed by atoms with E-state index in [9.17, 15) is 4.79 Å². The number of amides is 1. The average Bonchev–Trinajstić information content (AvgIpc) is 3.67. The topological polar surface area (TPSA) is 101 Å². The van der Waals surface area contributed by atoms with E-state index in [4.69, 9.17) is 35.5 Å². The molecule has 0 fully saturated rings. The standard InChI is InChI=1S/C25H21ClFN5O5S/c1-11(2)31-21-19(29-22(31)12-9-28-25(35-4)30-23(12)34-3)24(33)32(20(21)17-5-6-18(26)38-17)14-8-16-15(7-13(14)27)36-10-37-16/h5-9,11,20H,10H2,1-4H3. The van der Waals surface area contributed by atoms with E-state index < -0.39 is 17.8 Å². The summed E-state index contributed by atoms with van der Waals surface area (Å²) in [4.78, 5) is 29.4. The summed E-state index contributed by atoms with van der Waals surface area (Å²) < 4.78 is 39.3. The van der Waals surface area contributed by atoms with Crippen molar-refractivity contribution < 1.29 is 28.1 Å². The summed E-state index contributed by atoms with van der Waals surface area (Å²) in [6, 6.07) is 5.54. The number of carbonyl (C=O) groups excluding carboxylic acids is 1. The fourth-order valence-corrected chi connectivity index (χ4v) is 5.92. The summed E-state index contributed by atoms with van der Waals surface area (Å²) >= 11 is 7.62. The Morgan fingerprint density at radius 2 is 1.92 bits per heavy atom. The van der Waals surface area contributed by atoms with Crippen LogP contribution in [0.25, 0.3) is 11.4 Å². The van der Waals surface area contributed by atoms with Crippen molar-refractivity contribution in [2.75, 3.05) is 25.9 Å². The first-order valence-corrected chi connectivity index (χ1v) is 12.8. The highest BCUT2D eigenvalue weighted by Crippen LogP contribution is 2.49. The maximum atomic E-state index is 15.4. The summed E-state index contributed by atoms with van der Waals surface area (Å²) in [5.74, 6) is 0.225. The van der Waals surface area contributed by atoms with Gasteiger partial charge in [0.15, 0.2) is 23.0 Å². The second-order valence-corrected chi connectivity index (χ2v) is 10.5. The van der Waals surface area contributed by atoms with Gasteiger partial charge < -0.3 is 23.5 Å². The molecule has 0 bridgehead atoms. The molecule has 0 aliphatic carbocycles. The van der Waals surface area contributed by atoms with Crippen LogP contribution in [0.4, 0.5) is 10.1 Å². The van der Waals surface area contributed by atoms with Gasteiger partial charge in [-0.1, -0.05) is 11.6 Å². The number of hydrogen-bond donors (Lipinski definition) is 0. The minimum Gasteiger partial charge on any atom is -0.480 e. The highest BCUT2D eigenvalue weighted by atomic mass is 35.5. The minimum atomic E-state index is -0.710. The lowest BCUT2D eigenvalue weighted by atomic mass is 10.1. The fraction of sp³-hybridized carbons (Fsp3) is 0.280. The van der Waals surface area contributed by atoms with Crippen LogP contribution in [0.1, 0.15) is 47.0 Å². The van der Waals surface area contributed by atoms with Gasteiger partial charge in [-0.3, -0.25) is 9.69 Å². The van der Waals surface area contributed by atoms with Crippen LogP contribution in [-0.2, 0) is 0 Å². The number of imidazole rings is 1. The van der Waals surface area contributed by atoms with Gasteiger partial charge in [-0.05, 0) is 26.0 Å². The largest absolute Gasteiger partial charge is 0.480 e. The van der Waals surface area contributed by atoms with Gasteiger partial charge in [0.2, 0.25) is 12.7 Å². The van der Waals surface area contributed by atoms with Crippen LogP contribution in [0.3, 0.4) is 0 Å². The van der Waals surface area contributed by atoms with E-state index in [1.807, 2.05) is 24.5 Å². The monoisotopic (exact) mass is 557 g/mol. The van der Waals surface area contributed by atoms with Crippen molar-refractivity contribution in [2.24, 2.45) is 0 Å². The van der Waals surface area contributed by atoms with Crippen molar-refractivity contribution in [3.05, 3.63) is 56.9 Å². The highest BCUT2D eigenvalue weighted by Gasteiger charge is 2.47. The smallest absolute Gasteiger partial charge is 0.319 e. The van der Waals surface area contributed by atoms with Crippen molar-refractivity contribution in [1.29, 1.82) is 0 Å². The van der Waals surface area contributed by atoms with Gasteiger partial charge in [-0.25, -0.2) is 14.4 Å². The molecule has 0 N–H and O–H groups in total. The third kappa shape index (κ3) is 3.66. The number of methoxy groups -OCH3 is 2. The molecule has 0 saturated heterocycles. The lowest BCUT2D eigenvalue weighted by Crippen LogP contribution is -2.30. The number of nitrogens with zero attached hydrogens (tertiary/aromatic N) is 5. The molecule has 0 spiro atoms. The number of aromatic nitrogens is 4. The van der Waals surface area contributed by atoms with Gasteiger partial charge in [-0.2, -0.15) is 4.98 Å². The average molecular weight is 558 g/mol. The van der Waals surface area contributed by atoms with Crippen molar-refractivity contribution >= 4 is 34.5 Å².